The number of nitrogens with zero attached hydrogens (tertiary/aromatic N) is 1. The summed E-state index contributed by atoms with van der Waals surface area (Å²) in [5, 5.41) is 0.628. The molecule has 0 aliphatic heterocycles. The Morgan fingerprint density at radius 2 is 1.95 bits per heavy atom. The molecule has 3 nitrogen and oxygen atoms in total. The van der Waals surface area contributed by atoms with Crippen LogP contribution in [0.15, 0.2) is 59.6 Å². The normalized spacial score (nSPS) is 11.4. The summed E-state index contributed by atoms with van der Waals surface area (Å²) < 4.78 is 5.68. The molecule has 0 atom stereocenters. The number of rotatable bonds is 7. The maximum absolute atomic E-state index is 5.90. The summed E-state index contributed by atoms with van der Waals surface area (Å²) in [5.74, 6) is 1.70. The minimum Gasteiger partial charge on any atom is -0.493 e. The van der Waals surface area contributed by atoms with E-state index in [1.54, 1.807) is 0 Å². The van der Waals surface area contributed by atoms with E-state index in [0.29, 0.717) is 11.8 Å². The van der Waals surface area contributed by atoms with Gasteiger partial charge in [-0.15, -0.1) is 0 Å². The number of aliphatic imine (C=N–C) groups is 1. The topological polar surface area (TPSA) is 47.6 Å². The minimum absolute atomic E-state index is 0.628. The van der Waals surface area contributed by atoms with Crippen LogP contribution in [0.3, 0.4) is 0 Å². The van der Waals surface area contributed by atoms with Crippen molar-refractivity contribution in [3.8, 4) is 5.75 Å². The fourth-order valence-corrected chi connectivity index (χ4v) is 2.55. The summed E-state index contributed by atoms with van der Waals surface area (Å²) in [6, 6.07) is 18.4. The maximum atomic E-state index is 5.90. The molecule has 0 spiro atoms. The molecule has 0 amide bonds. The number of benzene rings is 2. The molecular weight excluding hydrogens is 292 g/mol. The molecule has 0 aliphatic rings. The Morgan fingerprint density at radius 3 is 2.73 bits per heavy atom. The molecule has 0 saturated heterocycles. The first-order valence-electron chi connectivity index (χ1n) is 7.40. The molecule has 2 rings (SSSR count). The molecule has 22 heavy (non-hydrogen) atoms. The molecule has 0 unspecified atom stereocenters. The van der Waals surface area contributed by atoms with Crippen LogP contribution in [0.4, 0.5) is 0 Å². The van der Waals surface area contributed by atoms with Crippen molar-refractivity contribution >= 4 is 16.9 Å². The number of aryl methyl sites for hydroxylation is 1. The lowest BCUT2D eigenvalue weighted by molar-refractivity contribution is 0.344. The van der Waals surface area contributed by atoms with E-state index in [1.807, 2.05) is 36.4 Å². The summed E-state index contributed by atoms with van der Waals surface area (Å²) in [5.41, 5.74) is 8.38. The zero-order valence-electron chi connectivity index (χ0n) is 12.9. The van der Waals surface area contributed by atoms with Crippen molar-refractivity contribution in [2.45, 2.75) is 13.3 Å². The Kier molecular flexibility index (Phi) is 6.84. The maximum Gasteiger partial charge on any atom is 0.154 e. The van der Waals surface area contributed by atoms with Gasteiger partial charge in [-0.05, 0) is 36.6 Å². The van der Waals surface area contributed by atoms with Crippen molar-refractivity contribution in [2.75, 3.05) is 18.9 Å². The molecule has 0 fully saturated rings. The Balaban J connectivity index is 1.63. The second-order valence-corrected chi connectivity index (χ2v) is 6.08. The van der Waals surface area contributed by atoms with Crippen LogP contribution in [0, 0.1) is 6.92 Å². The number of ether oxygens (including phenoxy) is 1. The first-order chi connectivity index (χ1) is 10.7. The lowest BCUT2D eigenvalue weighted by Gasteiger charge is -2.06. The Morgan fingerprint density at radius 1 is 1.14 bits per heavy atom. The number of hydrogen-bond donors (Lipinski definition) is 1. The Hall–Kier alpha value is -1.94. The van der Waals surface area contributed by atoms with Crippen LogP contribution in [0.5, 0.6) is 5.75 Å². The van der Waals surface area contributed by atoms with Gasteiger partial charge in [-0.1, -0.05) is 54.2 Å². The summed E-state index contributed by atoms with van der Waals surface area (Å²) in [6.45, 7) is 3.41. The predicted octanol–water partition coefficient (Wildman–Crippen LogP) is 3.66. The highest BCUT2D eigenvalue weighted by Gasteiger charge is 1.97. The van der Waals surface area contributed by atoms with E-state index >= 15 is 0 Å². The summed E-state index contributed by atoms with van der Waals surface area (Å²) in [6.07, 6.45) is 0.919. The second-order valence-electron chi connectivity index (χ2n) is 4.97. The number of thioether (sulfide) groups is 1. The van der Waals surface area contributed by atoms with Gasteiger partial charge in [0.25, 0.3) is 0 Å². The van der Waals surface area contributed by atoms with Crippen LogP contribution in [-0.4, -0.2) is 24.1 Å². The number of amidine groups is 1. The molecule has 2 aromatic rings. The third-order valence-electron chi connectivity index (χ3n) is 3.10. The molecule has 0 bridgehead atoms. The fraction of sp³-hybridized carbons (Fsp3) is 0.278. The summed E-state index contributed by atoms with van der Waals surface area (Å²) >= 11 is 1.54. The largest absolute Gasteiger partial charge is 0.493 e. The Bertz CT molecular complexity index is 599. The third-order valence-corrected chi connectivity index (χ3v) is 3.90. The first kappa shape index (κ1) is 16.4. The lowest BCUT2D eigenvalue weighted by atomic mass is 10.2. The Labute approximate surface area is 136 Å². The number of nitrogens with two attached hydrogens (primary N) is 1. The second kappa shape index (κ2) is 9.15. The van der Waals surface area contributed by atoms with Gasteiger partial charge in [0, 0.05) is 12.3 Å². The fourth-order valence-electron chi connectivity index (χ4n) is 2.00. The average molecular weight is 314 g/mol. The van der Waals surface area contributed by atoms with Crippen molar-refractivity contribution in [3.63, 3.8) is 0 Å². The molecule has 0 aliphatic carbocycles. The standard InChI is InChI=1S/C18H22N2OS/c1-15-6-5-9-17(14-15)21-12-13-22-18(19)20-11-10-16-7-3-2-4-8-16/h2-9,14H,10-13H2,1H3,(H2,19,20). The van der Waals surface area contributed by atoms with Gasteiger partial charge in [0.05, 0.1) is 6.61 Å². The third kappa shape index (κ3) is 6.22. The van der Waals surface area contributed by atoms with Gasteiger partial charge in [0.2, 0.25) is 0 Å². The zero-order valence-corrected chi connectivity index (χ0v) is 13.7. The highest BCUT2D eigenvalue weighted by atomic mass is 32.2. The first-order valence-corrected chi connectivity index (χ1v) is 8.39. The van der Waals surface area contributed by atoms with Crippen LogP contribution in [0.1, 0.15) is 11.1 Å². The van der Waals surface area contributed by atoms with E-state index in [-0.39, 0.29) is 0 Å². The molecule has 4 heteroatoms. The highest BCUT2D eigenvalue weighted by molar-refractivity contribution is 8.13. The van der Waals surface area contributed by atoms with E-state index in [9.17, 15) is 0 Å². The lowest BCUT2D eigenvalue weighted by Crippen LogP contribution is -2.11. The SMILES string of the molecule is Cc1cccc(OCCSC(N)=NCCc2ccccc2)c1. The van der Waals surface area contributed by atoms with Gasteiger partial charge in [-0.3, -0.25) is 4.99 Å². The molecule has 116 valence electrons. The van der Waals surface area contributed by atoms with Crippen molar-refractivity contribution < 1.29 is 4.74 Å². The van der Waals surface area contributed by atoms with E-state index in [2.05, 4.69) is 30.1 Å². The predicted molar refractivity (Wildman–Crippen MR) is 95.8 cm³/mol. The van der Waals surface area contributed by atoms with Crippen LogP contribution in [0.2, 0.25) is 0 Å². The van der Waals surface area contributed by atoms with E-state index in [4.69, 9.17) is 10.5 Å². The molecule has 0 heterocycles. The smallest absolute Gasteiger partial charge is 0.154 e. The molecule has 0 radical (unpaired) electrons. The zero-order chi connectivity index (χ0) is 15.6. The van der Waals surface area contributed by atoms with Gasteiger partial charge < -0.3 is 10.5 Å². The van der Waals surface area contributed by atoms with E-state index in [1.165, 1.54) is 22.9 Å². The monoisotopic (exact) mass is 314 g/mol. The van der Waals surface area contributed by atoms with E-state index in [0.717, 1.165) is 24.5 Å². The molecular formula is C18H22N2OS. The van der Waals surface area contributed by atoms with Gasteiger partial charge >= 0.3 is 0 Å². The molecule has 2 aromatic carbocycles. The van der Waals surface area contributed by atoms with Crippen LogP contribution < -0.4 is 10.5 Å². The van der Waals surface area contributed by atoms with Crippen LogP contribution >= 0.6 is 11.8 Å². The quantitative estimate of drug-likeness (QED) is 0.482. The molecule has 2 N–H and O–H groups in total. The van der Waals surface area contributed by atoms with Crippen molar-refractivity contribution in [2.24, 2.45) is 10.7 Å². The van der Waals surface area contributed by atoms with Gasteiger partial charge in [0.15, 0.2) is 5.17 Å². The van der Waals surface area contributed by atoms with E-state index < -0.39 is 0 Å². The van der Waals surface area contributed by atoms with Crippen LogP contribution in [0.25, 0.3) is 0 Å². The molecule has 0 saturated carbocycles. The van der Waals surface area contributed by atoms with Gasteiger partial charge in [-0.25, -0.2) is 0 Å². The van der Waals surface area contributed by atoms with Gasteiger partial charge in [0.1, 0.15) is 5.75 Å². The molecule has 0 aromatic heterocycles. The van der Waals surface area contributed by atoms with Crippen molar-refractivity contribution in [3.05, 3.63) is 65.7 Å². The van der Waals surface area contributed by atoms with Crippen molar-refractivity contribution in [1.82, 2.24) is 0 Å². The van der Waals surface area contributed by atoms with Crippen LogP contribution in [-0.2, 0) is 6.42 Å². The number of hydrogen-bond acceptors (Lipinski definition) is 3. The summed E-state index contributed by atoms with van der Waals surface area (Å²) in [7, 11) is 0. The highest BCUT2D eigenvalue weighted by Crippen LogP contribution is 2.13. The minimum atomic E-state index is 0.628. The summed E-state index contributed by atoms with van der Waals surface area (Å²) in [4.78, 5) is 4.38. The van der Waals surface area contributed by atoms with Gasteiger partial charge in [-0.2, -0.15) is 0 Å². The van der Waals surface area contributed by atoms with Crippen molar-refractivity contribution in [1.29, 1.82) is 0 Å². The average Bonchev–Trinajstić information content (AvgIpc) is 2.53.